The molecule has 1 aromatic rings. The van der Waals surface area contributed by atoms with Crippen LogP contribution in [0.4, 0.5) is 0 Å². The number of hydrogen-bond acceptors (Lipinski definition) is 3. The van der Waals surface area contributed by atoms with Crippen LogP contribution in [0.5, 0.6) is 0 Å². The van der Waals surface area contributed by atoms with Gasteiger partial charge in [0.2, 0.25) is 0 Å². The molecule has 0 radical (unpaired) electrons. The second kappa shape index (κ2) is 10.7. The fourth-order valence-electron chi connectivity index (χ4n) is 1.26. The van der Waals surface area contributed by atoms with Crippen LogP contribution in [0.15, 0.2) is 30.3 Å². The lowest BCUT2D eigenvalue weighted by molar-refractivity contribution is 0.0133. The Kier molecular flexibility index (Phi) is 9.23. The van der Waals surface area contributed by atoms with Gasteiger partial charge < -0.3 is 14.2 Å². The maximum Gasteiger partial charge on any atom is 0.0718 e. The summed E-state index contributed by atoms with van der Waals surface area (Å²) in [6.45, 7) is 3.88. The normalized spacial score (nSPS) is 10.6. The molecule has 3 nitrogen and oxygen atoms in total. The van der Waals surface area contributed by atoms with Crippen LogP contribution in [-0.4, -0.2) is 38.4 Å². The van der Waals surface area contributed by atoms with Crippen molar-refractivity contribution in [3.05, 3.63) is 35.9 Å². The van der Waals surface area contributed by atoms with Gasteiger partial charge in [0.15, 0.2) is 0 Å². The predicted octanol–water partition coefficient (Wildman–Crippen LogP) is 2.63. The Hall–Kier alpha value is -0.420. The molecule has 1 rings (SSSR count). The van der Waals surface area contributed by atoms with E-state index in [1.165, 1.54) is 5.56 Å². The first-order valence-electron chi connectivity index (χ1n) is 5.76. The number of ether oxygens (including phenoxy) is 3. The minimum Gasteiger partial charge on any atom is -0.378 e. The molecule has 0 amide bonds. The van der Waals surface area contributed by atoms with E-state index in [0.717, 1.165) is 11.9 Å². The van der Waals surface area contributed by atoms with Gasteiger partial charge in [-0.2, -0.15) is 0 Å². The molecular weight excluding hydrogens is 284 g/mol. The summed E-state index contributed by atoms with van der Waals surface area (Å²) in [4.78, 5) is 0. The fraction of sp³-hybridized carbons (Fsp3) is 0.538. The Labute approximate surface area is 111 Å². The van der Waals surface area contributed by atoms with E-state index in [4.69, 9.17) is 14.2 Å². The zero-order valence-electron chi connectivity index (χ0n) is 9.94. The molecule has 0 aliphatic heterocycles. The molecule has 0 aromatic heterocycles. The quantitative estimate of drug-likeness (QED) is 0.491. The fourth-order valence-corrected chi connectivity index (χ4v) is 1.49. The van der Waals surface area contributed by atoms with Crippen LogP contribution in [0, 0.1) is 0 Å². The monoisotopic (exact) mass is 302 g/mol. The third kappa shape index (κ3) is 8.32. The highest BCUT2D eigenvalue weighted by Crippen LogP contribution is 1.99. The van der Waals surface area contributed by atoms with Gasteiger partial charge in [0.05, 0.1) is 39.6 Å². The van der Waals surface area contributed by atoms with Crippen molar-refractivity contribution in [1.29, 1.82) is 0 Å². The summed E-state index contributed by atoms with van der Waals surface area (Å²) in [6, 6.07) is 10.1. The summed E-state index contributed by atoms with van der Waals surface area (Å²) in [6.07, 6.45) is 0. The SMILES string of the molecule is BrCCOCCOCCOCc1ccccc1. The van der Waals surface area contributed by atoms with Gasteiger partial charge in [0, 0.05) is 5.33 Å². The summed E-state index contributed by atoms with van der Waals surface area (Å²) in [5.74, 6) is 0. The molecule has 0 fully saturated rings. The van der Waals surface area contributed by atoms with Crippen molar-refractivity contribution in [1.82, 2.24) is 0 Å². The van der Waals surface area contributed by atoms with E-state index in [1.54, 1.807) is 0 Å². The van der Waals surface area contributed by atoms with Crippen molar-refractivity contribution in [2.75, 3.05) is 38.4 Å². The Morgan fingerprint density at radius 1 is 0.765 bits per heavy atom. The molecule has 0 aliphatic carbocycles. The molecular formula is C13H19BrO3. The lowest BCUT2D eigenvalue weighted by atomic mass is 10.2. The van der Waals surface area contributed by atoms with Crippen molar-refractivity contribution in [2.45, 2.75) is 6.61 Å². The molecule has 0 saturated carbocycles. The average Bonchev–Trinajstić information content (AvgIpc) is 2.38. The minimum atomic E-state index is 0.616. The first kappa shape index (κ1) is 14.6. The average molecular weight is 303 g/mol. The zero-order chi connectivity index (χ0) is 12.2. The predicted molar refractivity (Wildman–Crippen MR) is 71.5 cm³/mol. The lowest BCUT2D eigenvalue weighted by Gasteiger charge is -2.06. The molecule has 0 unspecified atom stereocenters. The summed E-state index contributed by atoms with van der Waals surface area (Å²) >= 11 is 3.29. The van der Waals surface area contributed by atoms with Crippen LogP contribution < -0.4 is 0 Å². The highest BCUT2D eigenvalue weighted by molar-refractivity contribution is 9.09. The van der Waals surface area contributed by atoms with E-state index in [1.807, 2.05) is 18.2 Å². The standard InChI is InChI=1S/C13H19BrO3/c14-6-7-15-8-9-16-10-11-17-12-13-4-2-1-3-5-13/h1-5H,6-12H2. The zero-order valence-corrected chi connectivity index (χ0v) is 11.5. The van der Waals surface area contributed by atoms with Gasteiger partial charge in [0.25, 0.3) is 0 Å². The second-order valence-corrected chi connectivity index (χ2v) is 4.24. The Morgan fingerprint density at radius 2 is 1.35 bits per heavy atom. The van der Waals surface area contributed by atoms with Gasteiger partial charge in [-0.1, -0.05) is 46.3 Å². The number of rotatable bonds is 10. The number of hydrogen-bond donors (Lipinski definition) is 0. The Balaban J connectivity index is 1.85. The summed E-state index contributed by atoms with van der Waals surface area (Å²) in [7, 11) is 0. The van der Waals surface area contributed by atoms with Crippen molar-refractivity contribution in [3.63, 3.8) is 0 Å². The first-order valence-corrected chi connectivity index (χ1v) is 6.89. The van der Waals surface area contributed by atoms with Gasteiger partial charge in [-0.25, -0.2) is 0 Å². The lowest BCUT2D eigenvalue weighted by Crippen LogP contribution is -2.10. The van der Waals surface area contributed by atoms with E-state index in [2.05, 4.69) is 28.1 Å². The molecule has 17 heavy (non-hydrogen) atoms. The molecule has 0 bridgehead atoms. The van der Waals surface area contributed by atoms with Crippen LogP contribution in [0.3, 0.4) is 0 Å². The van der Waals surface area contributed by atoms with Gasteiger partial charge >= 0.3 is 0 Å². The largest absolute Gasteiger partial charge is 0.378 e. The molecule has 4 heteroatoms. The van der Waals surface area contributed by atoms with Crippen LogP contribution in [0.1, 0.15) is 5.56 Å². The summed E-state index contributed by atoms with van der Waals surface area (Å²) < 4.78 is 16.1. The molecule has 0 aliphatic rings. The molecule has 0 heterocycles. The summed E-state index contributed by atoms with van der Waals surface area (Å²) in [5.41, 5.74) is 1.19. The van der Waals surface area contributed by atoms with Gasteiger partial charge in [0.1, 0.15) is 0 Å². The van der Waals surface area contributed by atoms with Crippen molar-refractivity contribution >= 4 is 15.9 Å². The van der Waals surface area contributed by atoms with Crippen LogP contribution in [0.25, 0.3) is 0 Å². The first-order chi connectivity index (χ1) is 8.43. The summed E-state index contributed by atoms with van der Waals surface area (Å²) in [5, 5.41) is 0.868. The maximum absolute atomic E-state index is 5.47. The van der Waals surface area contributed by atoms with Gasteiger partial charge in [-0.3, -0.25) is 0 Å². The maximum atomic E-state index is 5.47. The number of alkyl halides is 1. The molecule has 0 saturated heterocycles. The molecule has 0 spiro atoms. The van der Waals surface area contributed by atoms with E-state index in [0.29, 0.717) is 33.0 Å². The number of benzene rings is 1. The number of halogens is 1. The van der Waals surface area contributed by atoms with Gasteiger partial charge in [-0.15, -0.1) is 0 Å². The van der Waals surface area contributed by atoms with Crippen molar-refractivity contribution in [2.24, 2.45) is 0 Å². The molecule has 1 aromatic carbocycles. The smallest absolute Gasteiger partial charge is 0.0718 e. The van der Waals surface area contributed by atoms with Crippen LogP contribution in [0.2, 0.25) is 0 Å². The highest BCUT2D eigenvalue weighted by atomic mass is 79.9. The third-order valence-corrected chi connectivity index (χ3v) is 2.40. The minimum absolute atomic E-state index is 0.616. The van der Waals surface area contributed by atoms with Gasteiger partial charge in [-0.05, 0) is 5.56 Å². The Morgan fingerprint density at radius 3 is 2.00 bits per heavy atom. The second-order valence-electron chi connectivity index (χ2n) is 3.45. The van der Waals surface area contributed by atoms with Crippen molar-refractivity contribution in [3.8, 4) is 0 Å². The van der Waals surface area contributed by atoms with Crippen molar-refractivity contribution < 1.29 is 14.2 Å². The van der Waals surface area contributed by atoms with Crippen LogP contribution >= 0.6 is 15.9 Å². The molecule has 96 valence electrons. The van der Waals surface area contributed by atoms with E-state index >= 15 is 0 Å². The van der Waals surface area contributed by atoms with E-state index < -0.39 is 0 Å². The highest BCUT2D eigenvalue weighted by Gasteiger charge is 1.92. The van der Waals surface area contributed by atoms with E-state index in [9.17, 15) is 0 Å². The Bertz CT molecular complexity index is 267. The molecule has 0 atom stereocenters. The van der Waals surface area contributed by atoms with Crippen LogP contribution in [-0.2, 0) is 20.8 Å². The third-order valence-electron chi connectivity index (χ3n) is 2.08. The topological polar surface area (TPSA) is 27.7 Å². The van der Waals surface area contributed by atoms with E-state index in [-0.39, 0.29) is 0 Å². The molecule has 0 N–H and O–H groups in total.